The zero-order chi connectivity index (χ0) is 14.2. The summed E-state index contributed by atoms with van der Waals surface area (Å²) in [6.45, 7) is 4.45. The van der Waals surface area contributed by atoms with Crippen LogP contribution in [0.1, 0.15) is 20.8 Å². The van der Waals surface area contributed by atoms with Gasteiger partial charge >= 0.3 is 0 Å². The van der Waals surface area contributed by atoms with E-state index in [0.717, 1.165) is 0 Å². The number of carbonyl (C=O) groups is 2. The third-order valence-electron chi connectivity index (χ3n) is 2.72. The van der Waals surface area contributed by atoms with Crippen molar-refractivity contribution in [2.24, 2.45) is 0 Å². The van der Waals surface area contributed by atoms with Crippen LogP contribution >= 0.6 is 0 Å². The van der Waals surface area contributed by atoms with Gasteiger partial charge < -0.3 is 20.5 Å². The molecule has 0 saturated heterocycles. The van der Waals surface area contributed by atoms with Crippen molar-refractivity contribution >= 4 is 23.2 Å². The molecule has 0 bridgehead atoms. The molecule has 2 amide bonds. The Morgan fingerprint density at radius 2 is 2.16 bits per heavy atom. The maximum Gasteiger partial charge on any atom is 0.265 e. The van der Waals surface area contributed by atoms with Gasteiger partial charge in [0, 0.05) is 5.69 Å². The molecule has 0 fully saturated rings. The van der Waals surface area contributed by atoms with Crippen LogP contribution < -0.4 is 15.4 Å². The Balaban J connectivity index is 2.20. The third-order valence-corrected chi connectivity index (χ3v) is 2.72. The summed E-state index contributed by atoms with van der Waals surface area (Å²) < 4.78 is 5.40. The van der Waals surface area contributed by atoms with Crippen molar-refractivity contribution in [3.8, 4) is 5.75 Å². The predicted octanol–water partition coefficient (Wildman–Crippen LogP) is 1.12. The fraction of sp³-hybridized carbons (Fsp3) is 0.385. The molecule has 0 radical (unpaired) electrons. The second kappa shape index (κ2) is 4.55. The van der Waals surface area contributed by atoms with Crippen LogP contribution in [0.2, 0.25) is 0 Å². The molecule has 1 aliphatic heterocycles. The average molecular weight is 264 g/mol. The maximum atomic E-state index is 11.6. The number of benzene rings is 1. The molecule has 0 aromatic heterocycles. The summed E-state index contributed by atoms with van der Waals surface area (Å²) in [7, 11) is 0. The molecule has 1 unspecified atom stereocenters. The van der Waals surface area contributed by atoms with E-state index in [1.165, 1.54) is 13.8 Å². The van der Waals surface area contributed by atoms with E-state index in [2.05, 4.69) is 10.6 Å². The molecule has 102 valence electrons. The number of amides is 2. The lowest BCUT2D eigenvalue weighted by Crippen LogP contribution is -2.37. The molecule has 1 atom stereocenters. The quantitative estimate of drug-likeness (QED) is 0.746. The van der Waals surface area contributed by atoms with Crippen LogP contribution in [0.25, 0.3) is 0 Å². The van der Waals surface area contributed by atoms with Crippen molar-refractivity contribution in [2.75, 3.05) is 10.6 Å². The first-order valence-corrected chi connectivity index (χ1v) is 5.93. The first-order valence-electron chi connectivity index (χ1n) is 5.93. The maximum absolute atomic E-state index is 11.6. The van der Waals surface area contributed by atoms with Gasteiger partial charge in [0.15, 0.2) is 6.10 Å². The van der Waals surface area contributed by atoms with Crippen molar-refractivity contribution in [3.05, 3.63) is 18.2 Å². The standard InChI is InChI=1S/C13H16N2O4/c1-7-11(16)15-9-6-8(4-5-10(9)19-7)14-12(17)13(2,3)18/h4-7,18H,1-3H3,(H,14,17)(H,15,16). The zero-order valence-electron chi connectivity index (χ0n) is 11.0. The summed E-state index contributed by atoms with van der Waals surface area (Å²) in [6.07, 6.45) is -0.538. The molecule has 0 spiro atoms. The van der Waals surface area contributed by atoms with Crippen molar-refractivity contribution in [1.29, 1.82) is 0 Å². The van der Waals surface area contributed by atoms with Crippen molar-refractivity contribution in [2.45, 2.75) is 32.5 Å². The number of ether oxygens (including phenoxy) is 1. The minimum atomic E-state index is -1.47. The van der Waals surface area contributed by atoms with E-state index in [9.17, 15) is 14.7 Å². The Kier molecular flexibility index (Phi) is 3.20. The average Bonchev–Trinajstić information content (AvgIpc) is 2.29. The molecule has 2 rings (SSSR count). The summed E-state index contributed by atoms with van der Waals surface area (Å²) in [4.78, 5) is 23.1. The van der Waals surface area contributed by atoms with Crippen molar-refractivity contribution in [3.63, 3.8) is 0 Å². The Hall–Kier alpha value is -2.08. The van der Waals surface area contributed by atoms with Gasteiger partial charge in [0.05, 0.1) is 5.69 Å². The van der Waals surface area contributed by atoms with Crippen molar-refractivity contribution < 1.29 is 19.4 Å². The van der Waals surface area contributed by atoms with Crippen LogP contribution in [0.15, 0.2) is 18.2 Å². The SMILES string of the molecule is CC1Oc2ccc(NC(=O)C(C)(C)O)cc2NC1=O. The molecule has 1 aliphatic rings. The molecule has 0 saturated carbocycles. The smallest absolute Gasteiger partial charge is 0.265 e. The zero-order valence-corrected chi connectivity index (χ0v) is 11.0. The summed E-state index contributed by atoms with van der Waals surface area (Å²) in [5.74, 6) is -0.212. The van der Waals surface area contributed by atoms with E-state index in [0.29, 0.717) is 17.1 Å². The number of fused-ring (bicyclic) bond motifs is 1. The highest BCUT2D eigenvalue weighted by atomic mass is 16.5. The number of nitrogens with one attached hydrogen (secondary N) is 2. The molecule has 6 heteroatoms. The van der Waals surface area contributed by atoms with Gasteiger partial charge in [-0.3, -0.25) is 9.59 Å². The Morgan fingerprint density at radius 3 is 2.79 bits per heavy atom. The van der Waals surface area contributed by atoms with E-state index in [-0.39, 0.29) is 5.91 Å². The topological polar surface area (TPSA) is 87.7 Å². The minimum Gasteiger partial charge on any atom is -0.479 e. The number of rotatable bonds is 2. The highest BCUT2D eigenvalue weighted by molar-refractivity contribution is 6.00. The van der Waals surface area contributed by atoms with Gasteiger partial charge in [-0.05, 0) is 39.0 Å². The van der Waals surface area contributed by atoms with E-state index < -0.39 is 17.6 Å². The summed E-state index contributed by atoms with van der Waals surface area (Å²) in [5.41, 5.74) is -0.495. The lowest BCUT2D eigenvalue weighted by molar-refractivity contribution is -0.130. The van der Waals surface area contributed by atoms with E-state index in [1.54, 1.807) is 25.1 Å². The number of hydrogen-bond acceptors (Lipinski definition) is 4. The van der Waals surface area contributed by atoms with Gasteiger partial charge in [0.1, 0.15) is 11.4 Å². The minimum absolute atomic E-state index is 0.238. The lowest BCUT2D eigenvalue weighted by atomic mass is 10.1. The Morgan fingerprint density at radius 1 is 1.47 bits per heavy atom. The summed E-state index contributed by atoms with van der Waals surface area (Å²) in [5, 5.41) is 14.8. The van der Waals surface area contributed by atoms with Crippen molar-refractivity contribution in [1.82, 2.24) is 0 Å². The number of carbonyl (C=O) groups excluding carboxylic acids is 2. The van der Waals surface area contributed by atoms with Crippen LogP contribution in [0, 0.1) is 0 Å². The fourth-order valence-corrected chi connectivity index (χ4v) is 1.57. The largest absolute Gasteiger partial charge is 0.479 e. The van der Waals surface area contributed by atoms with Gasteiger partial charge in [-0.15, -0.1) is 0 Å². The summed E-state index contributed by atoms with van der Waals surface area (Å²) in [6, 6.07) is 4.89. The molecule has 1 aromatic rings. The first-order chi connectivity index (χ1) is 8.77. The highest BCUT2D eigenvalue weighted by Crippen LogP contribution is 2.32. The molecule has 3 N–H and O–H groups in total. The molecular weight excluding hydrogens is 248 g/mol. The van der Waals surface area contributed by atoms with Gasteiger partial charge in [0.2, 0.25) is 0 Å². The summed E-state index contributed by atoms with van der Waals surface area (Å²) >= 11 is 0. The molecular formula is C13H16N2O4. The molecule has 0 aliphatic carbocycles. The van der Waals surface area contributed by atoms with Gasteiger partial charge in [-0.2, -0.15) is 0 Å². The lowest BCUT2D eigenvalue weighted by Gasteiger charge is -2.24. The van der Waals surface area contributed by atoms with Crippen LogP contribution in [-0.2, 0) is 9.59 Å². The van der Waals surface area contributed by atoms with Crippen LogP contribution in [-0.4, -0.2) is 28.6 Å². The molecule has 1 aromatic carbocycles. The fourth-order valence-electron chi connectivity index (χ4n) is 1.57. The monoisotopic (exact) mass is 264 g/mol. The molecule has 19 heavy (non-hydrogen) atoms. The second-order valence-electron chi connectivity index (χ2n) is 4.97. The van der Waals surface area contributed by atoms with E-state index in [4.69, 9.17) is 4.74 Å². The Labute approximate surface area is 110 Å². The van der Waals surface area contributed by atoms with Crippen LogP contribution in [0.5, 0.6) is 5.75 Å². The third kappa shape index (κ3) is 2.85. The number of aliphatic hydroxyl groups is 1. The van der Waals surface area contributed by atoms with Crippen LogP contribution in [0.3, 0.4) is 0 Å². The number of anilines is 2. The molecule has 6 nitrogen and oxygen atoms in total. The molecule has 1 heterocycles. The second-order valence-corrected chi connectivity index (χ2v) is 4.97. The van der Waals surface area contributed by atoms with Gasteiger partial charge in [-0.25, -0.2) is 0 Å². The number of hydrogen-bond donors (Lipinski definition) is 3. The van der Waals surface area contributed by atoms with E-state index in [1.807, 2.05) is 0 Å². The van der Waals surface area contributed by atoms with Gasteiger partial charge in [0.25, 0.3) is 11.8 Å². The van der Waals surface area contributed by atoms with E-state index >= 15 is 0 Å². The van der Waals surface area contributed by atoms with Crippen LogP contribution in [0.4, 0.5) is 11.4 Å². The normalized spacial score (nSPS) is 18.1. The predicted molar refractivity (Wildman–Crippen MR) is 70.1 cm³/mol. The first kappa shape index (κ1) is 13.4. The Bertz CT molecular complexity index is 534. The highest BCUT2D eigenvalue weighted by Gasteiger charge is 2.26. The van der Waals surface area contributed by atoms with Gasteiger partial charge in [-0.1, -0.05) is 0 Å².